The molecule has 2 atom stereocenters. The number of fused-ring (bicyclic) bond motifs is 1. The summed E-state index contributed by atoms with van der Waals surface area (Å²) in [7, 11) is 0. The highest BCUT2D eigenvalue weighted by Crippen LogP contribution is 2.36. The quantitative estimate of drug-likeness (QED) is 0.901. The van der Waals surface area contributed by atoms with Gasteiger partial charge < -0.3 is 15.5 Å². The molecule has 0 spiro atoms. The summed E-state index contributed by atoms with van der Waals surface area (Å²) in [6.45, 7) is 2.77. The van der Waals surface area contributed by atoms with Crippen molar-refractivity contribution in [1.29, 1.82) is 0 Å². The van der Waals surface area contributed by atoms with E-state index < -0.39 is 0 Å². The maximum atomic E-state index is 13.4. The predicted molar refractivity (Wildman–Crippen MR) is 99.2 cm³/mol. The first-order chi connectivity index (χ1) is 12.7. The van der Waals surface area contributed by atoms with Gasteiger partial charge in [-0.1, -0.05) is 36.4 Å². The lowest BCUT2D eigenvalue weighted by molar-refractivity contribution is 0.145. The van der Waals surface area contributed by atoms with Gasteiger partial charge in [-0.25, -0.2) is 9.18 Å². The molecule has 0 saturated carbocycles. The number of nitrogens with two attached hydrogens (primary N) is 1. The number of carbonyl (C=O) groups is 1. The summed E-state index contributed by atoms with van der Waals surface area (Å²) in [6.07, 6.45) is 1.81. The second-order valence-electron chi connectivity index (χ2n) is 7.22. The van der Waals surface area contributed by atoms with Gasteiger partial charge in [0.25, 0.3) is 0 Å². The second-order valence-corrected chi connectivity index (χ2v) is 7.22. The average molecular weight is 353 g/mol. The van der Waals surface area contributed by atoms with Crippen LogP contribution < -0.4 is 5.73 Å². The van der Waals surface area contributed by atoms with Crippen molar-refractivity contribution >= 4 is 6.03 Å². The molecule has 26 heavy (non-hydrogen) atoms. The largest absolute Gasteiger partial charge is 0.330 e. The number of hydrogen-bond donors (Lipinski definition) is 1. The highest BCUT2D eigenvalue weighted by atomic mass is 19.1. The van der Waals surface area contributed by atoms with E-state index in [2.05, 4.69) is 12.1 Å². The van der Waals surface area contributed by atoms with Crippen LogP contribution in [0.1, 0.15) is 29.2 Å². The minimum Gasteiger partial charge on any atom is -0.330 e. The van der Waals surface area contributed by atoms with E-state index in [1.807, 2.05) is 21.9 Å². The normalized spacial score (nSPS) is 22.4. The second kappa shape index (κ2) is 7.08. The Bertz CT molecular complexity index is 792. The lowest BCUT2D eigenvalue weighted by atomic mass is 9.88. The molecule has 2 amide bonds. The molecule has 0 aliphatic carbocycles. The van der Waals surface area contributed by atoms with Gasteiger partial charge in [0.2, 0.25) is 0 Å². The van der Waals surface area contributed by atoms with Crippen LogP contribution >= 0.6 is 0 Å². The van der Waals surface area contributed by atoms with Crippen molar-refractivity contribution in [3.05, 3.63) is 71.0 Å². The molecule has 2 aromatic rings. The molecule has 136 valence electrons. The van der Waals surface area contributed by atoms with Crippen molar-refractivity contribution in [2.45, 2.75) is 18.9 Å². The molecule has 2 aromatic carbocycles. The Morgan fingerprint density at radius 2 is 1.88 bits per heavy atom. The third-order valence-electron chi connectivity index (χ3n) is 5.60. The van der Waals surface area contributed by atoms with Crippen LogP contribution in [0.25, 0.3) is 0 Å². The van der Waals surface area contributed by atoms with Gasteiger partial charge in [0, 0.05) is 19.6 Å². The molecule has 5 heteroatoms. The van der Waals surface area contributed by atoms with E-state index in [0.29, 0.717) is 19.0 Å². The summed E-state index contributed by atoms with van der Waals surface area (Å²) in [6, 6.07) is 14.6. The van der Waals surface area contributed by atoms with Crippen LogP contribution in [0.2, 0.25) is 0 Å². The van der Waals surface area contributed by atoms with Crippen molar-refractivity contribution in [2.24, 2.45) is 11.7 Å². The van der Waals surface area contributed by atoms with Crippen LogP contribution in [-0.2, 0) is 6.42 Å². The number of benzene rings is 2. The van der Waals surface area contributed by atoms with Gasteiger partial charge >= 0.3 is 6.03 Å². The fraction of sp³-hybridized carbons (Fsp3) is 0.381. The molecule has 4 nitrogen and oxygen atoms in total. The Balaban J connectivity index is 1.69. The van der Waals surface area contributed by atoms with Gasteiger partial charge in [0.05, 0.1) is 6.04 Å². The lowest BCUT2D eigenvalue weighted by Crippen LogP contribution is -2.47. The summed E-state index contributed by atoms with van der Waals surface area (Å²) in [4.78, 5) is 17.1. The molecule has 0 bridgehead atoms. The first kappa shape index (κ1) is 17.0. The summed E-state index contributed by atoms with van der Waals surface area (Å²) < 4.78 is 13.4. The molecular weight excluding hydrogens is 329 g/mol. The number of halogens is 1. The van der Waals surface area contributed by atoms with Crippen molar-refractivity contribution in [3.8, 4) is 0 Å². The van der Waals surface area contributed by atoms with E-state index in [1.165, 1.54) is 17.7 Å². The minimum absolute atomic E-state index is 0.0600. The van der Waals surface area contributed by atoms with E-state index in [0.717, 1.165) is 37.1 Å². The fourth-order valence-electron chi connectivity index (χ4n) is 4.16. The van der Waals surface area contributed by atoms with Crippen molar-refractivity contribution in [1.82, 2.24) is 9.80 Å². The third kappa shape index (κ3) is 3.07. The number of amides is 2. The molecule has 0 aromatic heterocycles. The number of urea groups is 1. The third-order valence-corrected chi connectivity index (χ3v) is 5.60. The van der Waals surface area contributed by atoms with Gasteiger partial charge in [-0.15, -0.1) is 0 Å². The number of likely N-dealkylation sites (tertiary alicyclic amines) is 1. The molecule has 2 aliphatic rings. The molecule has 2 heterocycles. The molecular formula is C21H24FN3O. The van der Waals surface area contributed by atoms with Crippen LogP contribution in [0.3, 0.4) is 0 Å². The first-order valence-electron chi connectivity index (χ1n) is 9.26. The van der Waals surface area contributed by atoms with Crippen molar-refractivity contribution in [3.63, 3.8) is 0 Å². The number of hydrogen-bond acceptors (Lipinski definition) is 2. The van der Waals surface area contributed by atoms with E-state index in [-0.39, 0.29) is 17.9 Å². The van der Waals surface area contributed by atoms with Gasteiger partial charge in [0.15, 0.2) is 0 Å². The molecule has 2 N–H and O–H groups in total. The van der Waals surface area contributed by atoms with E-state index >= 15 is 0 Å². The van der Waals surface area contributed by atoms with Gasteiger partial charge in [-0.2, -0.15) is 0 Å². The van der Waals surface area contributed by atoms with E-state index in [1.54, 1.807) is 12.1 Å². The minimum atomic E-state index is -0.263. The van der Waals surface area contributed by atoms with Crippen LogP contribution in [0.4, 0.5) is 9.18 Å². The van der Waals surface area contributed by atoms with Gasteiger partial charge in [0.1, 0.15) is 5.82 Å². The summed E-state index contributed by atoms with van der Waals surface area (Å²) in [5, 5.41) is 0. The van der Waals surface area contributed by atoms with Crippen molar-refractivity contribution < 1.29 is 9.18 Å². The predicted octanol–water partition coefficient (Wildman–Crippen LogP) is 3.17. The average Bonchev–Trinajstić information content (AvgIpc) is 3.16. The Morgan fingerprint density at radius 1 is 1.12 bits per heavy atom. The van der Waals surface area contributed by atoms with E-state index in [9.17, 15) is 9.18 Å². The van der Waals surface area contributed by atoms with Gasteiger partial charge in [-0.3, -0.25) is 0 Å². The van der Waals surface area contributed by atoms with Crippen LogP contribution in [0.5, 0.6) is 0 Å². The highest BCUT2D eigenvalue weighted by molar-refractivity contribution is 5.76. The SMILES string of the molecule is NCC1CCN(C(=O)N2CCc3ccccc3[C@@H]2c2ccc(F)cc2)C1. The Morgan fingerprint density at radius 3 is 2.62 bits per heavy atom. The molecule has 1 unspecified atom stereocenters. The highest BCUT2D eigenvalue weighted by Gasteiger charge is 2.36. The topological polar surface area (TPSA) is 49.6 Å². The summed E-state index contributed by atoms with van der Waals surface area (Å²) in [5.74, 6) is 0.126. The van der Waals surface area contributed by atoms with E-state index in [4.69, 9.17) is 5.73 Å². The smallest absolute Gasteiger partial charge is 0.320 e. The zero-order chi connectivity index (χ0) is 18.1. The van der Waals surface area contributed by atoms with Crippen LogP contribution in [0.15, 0.2) is 48.5 Å². The zero-order valence-corrected chi connectivity index (χ0v) is 14.8. The Labute approximate surface area is 153 Å². The van der Waals surface area contributed by atoms with Crippen molar-refractivity contribution in [2.75, 3.05) is 26.2 Å². The standard InChI is InChI=1S/C21H24FN3O/c22-18-7-5-17(6-8-18)20-19-4-2-1-3-16(19)10-12-25(20)21(26)24-11-9-15(13-23)14-24/h1-8,15,20H,9-14,23H2/t15?,20-/m0/s1. The molecule has 2 aliphatic heterocycles. The number of carbonyl (C=O) groups excluding carboxylic acids is 1. The maximum absolute atomic E-state index is 13.4. The Hall–Kier alpha value is -2.40. The molecule has 1 fully saturated rings. The summed E-state index contributed by atoms with van der Waals surface area (Å²) in [5.41, 5.74) is 9.12. The Kier molecular flexibility index (Phi) is 4.64. The number of rotatable bonds is 2. The first-order valence-corrected chi connectivity index (χ1v) is 9.26. The monoisotopic (exact) mass is 353 g/mol. The lowest BCUT2D eigenvalue weighted by Gasteiger charge is -2.39. The van der Waals surface area contributed by atoms with Gasteiger partial charge in [-0.05, 0) is 54.1 Å². The maximum Gasteiger partial charge on any atom is 0.320 e. The molecule has 1 saturated heterocycles. The molecule has 0 radical (unpaired) electrons. The van der Waals surface area contributed by atoms with Crippen LogP contribution in [-0.4, -0.2) is 42.0 Å². The number of nitrogens with zero attached hydrogens (tertiary/aromatic N) is 2. The molecule has 4 rings (SSSR count). The van der Waals surface area contributed by atoms with Crippen LogP contribution in [0, 0.1) is 11.7 Å². The summed E-state index contributed by atoms with van der Waals surface area (Å²) >= 11 is 0. The zero-order valence-electron chi connectivity index (χ0n) is 14.8. The fourth-order valence-corrected chi connectivity index (χ4v) is 4.16.